The number of carbonyl (C=O) groups excluding carboxylic acids is 4. The molecule has 2 aliphatic carbocycles. The first-order valence-corrected chi connectivity index (χ1v) is 28.0. The molecule has 0 radical (unpaired) electrons. The van der Waals surface area contributed by atoms with Gasteiger partial charge in [-0.05, 0) is 51.4 Å². The number of likely N-dealkylation sites (N-methyl/N-ethyl adjacent to an activating group) is 1. The fourth-order valence-electron chi connectivity index (χ4n) is 11.7. The number of likely N-dealkylation sites (tertiary alicyclic amines) is 2. The van der Waals surface area contributed by atoms with Crippen LogP contribution < -0.4 is 0 Å². The Morgan fingerprint density at radius 2 is 0.797 bits per heavy atom. The van der Waals surface area contributed by atoms with Gasteiger partial charge in [0.2, 0.25) is 23.6 Å². The van der Waals surface area contributed by atoms with E-state index in [1.165, 1.54) is 141 Å². The first-order valence-electron chi connectivity index (χ1n) is 28.0. The van der Waals surface area contributed by atoms with Crippen molar-refractivity contribution in [3.63, 3.8) is 0 Å². The molecule has 0 aromatic carbocycles. The highest BCUT2D eigenvalue weighted by atomic mass is 16.5. The van der Waals surface area contributed by atoms with Crippen LogP contribution in [0.15, 0.2) is 0 Å². The number of hydrogen-bond acceptors (Lipinski definition) is 6. The van der Waals surface area contributed by atoms with Gasteiger partial charge in [-0.2, -0.15) is 0 Å². The Bertz CT molecular complexity index is 1250. The first kappa shape index (κ1) is 54.8. The van der Waals surface area contributed by atoms with Crippen molar-refractivity contribution >= 4 is 23.6 Å². The molecular formula is C55H100N3O6+. The van der Waals surface area contributed by atoms with Crippen LogP contribution in [0.2, 0.25) is 0 Å². The maximum absolute atomic E-state index is 13.4. The van der Waals surface area contributed by atoms with Crippen LogP contribution in [0, 0.1) is 23.7 Å². The molecule has 0 N–H and O–H groups in total. The summed E-state index contributed by atoms with van der Waals surface area (Å²) in [6.45, 7) is 10.2. The summed E-state index contributed by atoms with van der Waals surface area (Å²) >= 11 is 0. The molecule has 4 aliphatic rings. The monoisotopic (exact) mass is 899 g/mol. The predicted octanol–water partition coefficient (Wildman–Crippen LogP) is 12.8. The average molecular weight is 899 g/mol. The minimum atomic E-state index is -0.109. The smallest absolute Gasteiger partial charge is 0.233 e. The quantitative estimate of drug-likeness (QED) is 0.0345. The Morgan fingerprint density at radius 3 is 1.20 bits per heavy atom. The average Bonchev–Trinajstić information content (AvgIpc) is 3.69. The van der Waals surface area contributed by atoms with E-state index in [1.807, 2.05) is 0 Å². The molecule has 4 rings (SSSR count). The SMILES string of the molecule is CCCCCCCCCCCCCCOCC(C[N+](C)(CCCCN1C(=O)C2CCCCC2C1=O)CCCN1C(=O)C2CCCCC2C1=O)OCCCCCCCCCCCCCC. The molecule has 0 aromatic rings. The van der Waals surface area contributed by atoms with E-state index in [4.69, 9.17) is 9.47 Å². The van der Waals surface area contributed by atoms with Crippen molar-refractivity contribution in [1.29, 1.82) is 0 Å². The molecule has 9 heteroatoms. The zero-order valence-corrected chi connectivity index (χ0v) is 42.1. The van der Waals surface area contributed by atoms with Crippen molar-refractivity contribution in [2.75, 3.05) is 59.6 Å². The summed E-state index contributed by atoms with van der Waals surface area (Å²) in [5, 5.41) is 0. The fourth-order valence-corrected chi connectivity index (χ4v) is 11.7. The molecule has 6 atom stereocenters. The number of amides is 4. The van der Waals surface area contributed by atoms with E-state index in [9.17, 15) is 19.2 Å². The molecule has 370 valence electrons. The Kier molecular flexibility index (Phi) is 28.1. The molecule has 64 heavy (non-hydrogen) atoms. The van der Waals surface area contributed by atoms with Gasteiger partial charge in [-0.1, -0.05) is 181 Å². The van der Waals surface area contributed by atoms with Gasteiger partial charge < -0.3 is 14.0 Å². The minimum Gasteiger partial charge on any atom is -0.379 e. The van der Waals surface area contributed by atoms with Crippen molar-refractivity contribution in [2.24, 2.45) is 23.7 Å². The lowest BCUT2D eigenvalue weighted by Gasteiger charge is -2.38. The van der Waals surface area contributed by atoms with Gasteiger partial charge in [-0.25, -0.2) is 0 Å². The van der Waals surface area contributed by atoms with Crippen LogP contribution in [0.1, 0.15) is 239 Å². The van der Waals surface area contributed by atoms with Crippen molar-refractivity contribution in [2.45, 2.75) is 245 Å². The van der Waals surface area contributed by atoms with Crippen LogP contribution in [-0.4, -0.2) is 104 Å². The Labute approximate surface area is 393 Å². The Balaban J connectivity index is 1.27. The Morgan fingerprint density at radius 1 is 0.453 bits per heavy atom. The third-order valence-corrected chi connectivity index (χ3v) is 15.7. The second-order valence-corrected chi connectivity index (χ2v) is 21.3. The lowest BCUT2D eigenvalue weighted by molar-refractivity contribution is -0.913. The number of nitrogens with zero attached hydrogens (tertiary/aromatic N) is 3. The van der Waals surface area contributed by atoms with E-state index in [0.29, 0.717) is 19.7 Å². The molecule has 2 heterocycles. The maximum Gasteiger partial charge on any atom is 0.233 e. The molecule has 0 bridgehead atoms. The summed E-state index contributed by atoms with van der Waals surface area (Å²) in [5.74, 6) is -0.184. The molecule has 4 fully saturated rings. The molecule has 2 saturated heterocycles. The lowest BCUT2D eigenvalue weighted by atomic mass is 9.81. The molecular weight excluding hydrogens is 799 g/mol. The molecule has 0 aromatic heterocycles. The molecule has 9 nitrogen and oxygen atoms in total. The number of rotatable bonds is 40. The summed E-state index contributed by atoms with van der Waals surface area (Å²) < 4.78 is 13.9. The number of quaternary nitrogens is 1. The van der Waals surface area contributed by atoms with E-state index in [1.54, 1.807) is 9.80 Å². The molecule has 0 spiro atoms. The van der Waals surface area contributed by atoms with E-state index in [-0.39, 0.29) is 53.4 Å². The summed E-state index contributed by atoms with van der Waals surface area (Å²) in [6, 6.07) is 0. The number of fused-ring (bicyclic) bond motifs is 2. The number of ether oxygens (including phenoxy) is 2. The van der Waals surface area contributed by atoms with Gasteiger partial charge in [-0.3, -0.25) is 29.0 Å². The highest BCUT2D eigenvalue weighted by Gasteiger charge is 2.49. The zero-order chi connectivity index (χ0) is 45.7. The van der Waals surface area contributed by atoms with Crippen LogP contribution >= 0.6 is 0 Å². The van der Waals surface area contributed by atoms with Gasteiger partial charge in [0.1, 0.15) is 12.6 Å². The van der Waals surface area contributed by atoms with Crippen LogP contribution in [0.25, 0.3) is 0 Å². The third-order valence-electron chi connectivity index (χ3n) is 15.7. The first-order chi connectivity index (χ1) is 31.3. The zero-order valence-electron chi connectivity index (χ0n) is 42.1. The van der Waals surface area contributed by atoms with Gasteiger partial charge in [0.05, 0.1) is 50.4 Å². The number of carbonyl (C=O) groups is 4. The second-order valence-electron chi connectivity index (χ2n) is 21.3. The third kappa shape index (κ3) is 19.8. The standard InChI is InChI=1S/C55H100N3O6/c1-4-6-8-10-12-14-16-18-20-22-24-32-43-63-46-47(64-44-33-25-23-21-19-17-15-13-11-9-7-5-2)45-58(3,42-34-40-57-54(61)50-37-28-29-38-51(50)55(57)62)41-31-30-39-56-52(59)48-35-26-27-36-49(48)53(56)60/h47-51H,4-46H2,1-3H3/q+1. The minimum absolute atomic E-state index is 0.0437. The van der Waals surface area contributed by atoms with E-state index in [0.717, 1.165) is 121 Å². The second kappa shape index (κ2) is 32.8. The van der Waals surface area contributed by atoms with Gasteiger partial charge in [0, 0.05) is 32.7 Å². The highest BCUT2D eigenvalue weighted by molar-refractivity contribution is 6.05. The van der Waals surface area contributed by atoms with Crippen molar-refractivity contribution < 1.29 is 33.1 Å². The summed E-state index contributed by atoms with van der Waals surface area (Å²) in [6.07, 6.45) is 41.7. The normalized spacial score (nSPS) is 22.7. The molecule has 2 saturated carbocycles. The summed E-state index contributed by atoms with van der Waals surface area (Å²) in [5.41, 5.74) is 0. The van der Waals surface area contributed by atoms with Crippen molar-refractivity contribution in [3.05, 3.63) is 0 Å². The van der Waals surface area contributed by atoms with Crippen molar-refractivity contribution in [1.82, 2.24) is 9.80 Å². The maximum atomic E-state index is 13.4. The molecule has 4 amide bonds. The number of unbranched alkanes of at least 4 members (excludes halogenated alkanes) is 23. The summed E-state index contributed by atoms with van der Waals surface area (Å²) in [4.78, 5) is 56.4. The van der Waals surface area contributed by atoms with Crippen LogP contribution in [-0.2, 0) is 28.7 Å². The van der Waals surface area contributed by atoms with Gasteiger partial charge in [0.25, 0.3) is 0 Å². The van der Waals surface area contributed by atoms with E-state index >= 15 is 0 Å². The molecule has 2 aliphatic heterocycles. The Hall–Kier alpha value is -1.84. The van der Waals surface area contributed by atoms with Crippen molar-refractivity contribution in [3.8, 4) is 0 Å². The van der Waals surface area contributed by atoms with E-state index < -0.39 is 0 Å². The predicted molar refractivity (Wildman–Crippen MR) is 262 cm³/mol. The number of imide groups is 2. The number of hydrogen-bond donors (Lipinski definition) is 0. The highest BCUT2D eigenvalue weighted by Crippen LogP contribution is 2.39. The molecule has 6 unspecified atom stereocenters. The van der Waals surface area contributed by atoms with Crippen LogP contribution in [0.5, 0.6) is 0 Å². The van der Waals surface area contributed by atoms with Gasteiger partial charge in [-0.15, -0.1) is 0 Å². The largest absolute Gasteiger partial charge is 0.379 e. The topological polar surface area (TPSA) is 93.2 Å². The summed E-state index contributed by atoms with van der Waals surface area (Å²) in [7, 11) is 2.31. The van der Waals surface area contributed by atoms with E-state index in [2.05, 4.69) is 20.9 Å². The van der Waals surface area contributed by atoms with Gasteiger partial charge >= 0.3 is 0 Å². The van der Waals surface area contributed by atoms with Crippen LogP contribution in [0.3, 0.4) is 0 Å². The lowest BCUT2D eigenvalue weighted by Crippen LogP contribution is -2.52. The fraction of sp³-hybridized carbons (Fsp3) is 0.927. The van der Waals surface area contributed by atoms with Crippen LogP contribution in [0.4, 0.5) is 0 Å². The van der Waals surface area contributed by atoms with Gasteiger partial charge in [0.15, 0.2) is 0 Å².